The second-order valence-corrected chi connectivity index (χ2v) is 4.36. The molecule has 0 atom stereocenters. The fraction of sp³-hybridized carbons (Fsp3) is 0.357. The lowest BCUT2D eigenvalue weighted by atomic mass is 10.1. The number of nitrogens with one attached hydrogen (secondary N) is 1. The number of anilines is 2. The standard InChI is InChI=1S/C14H19N3O/c1-10-8-14(16-6-3-7-18-2)12-9-11(15)4-5-13(12)17-10/h4-5,8-9H,3,6-7,15H2,1-2H3,(H,16,17). The molecule has 0 aliphatic carbocycles. The molecule has 0 amide bonds. The molecule has 4 nitrogen and oxygen atoms in total. The van der Waals surface area contributed by atoms with E-state index in [4.69, 9.17) is 10.5 Å². The Bertz CT molecular complexity index is 540. The van der Waals surface area contributed by atoms with Crippen LogP contribution in [0.2, 0.25) is 0 Å². The highest BCUT2D eigenvalue weighted by molar-refractivity contribution is 5.93. The van der Waals surface area contributed by atoms with Gasteiger partial charge >= 0.3 is 0 Å². The van der Waals surface area contributed by atoms with E-state index in [9.17, 15) is 0 Å². The highest BCUT2D eigenvalue weighted by Gasteiger charge is 2.04. The van der Waals surface area contributed by atoms with Crippen molar-refractivity contribution in [3.63, 3.8) is 0 Å². The number of nitrogen functional groups attached to an aromatic ring is 1. The van der Waals surface area contributed by atoms with Crippen LogP contribution >= 0.6 is 0 Å². The van der Waals surface area contributed by atoms with Crippen molar-refractivity contribution in [1.82, 2.24) is 4.98 Å². The normalized spacial score (nSPS) is 10.8. The smallest absolute Gasteiger partial charge is 0.0727 e. The van der Waals surface area contributed by atoms with Gasteiger partial charge in [0.15, 0.2) is 0 Å². The van der Waals surface area contributed by atoms with E-state index >= 15 is 0 Å². The minimum Gasteiger partial charge on any atom is -0.399 e. The average Bonchev–Trinajstić information content (AvgIpc) is 2.35. The summed E-state index contributed by atoms with van der Waals surface area (Å²) in [6.07, 6.45) is 0.974. The van der Waals surface area contributed by atoms with E-state index in [-0.39, 0.29) is 0 Å². The predicted molar refractivity (Wildman–Crippen MR) is 75.9 cm³/mol. The first-order chi connectivity index (χ1) is 8.70. The minimum atomic E-state index is 0.757. The van der Waals surface area contributed by atoms with Crippen molar-refractivity contribution in [2.45, 2.75) is 13.3 Å². The molecule has 0 aliphatic rings. The Morgan fingerprint density at radius 1 is 1.33 bits per heavy atom. The van der Waals surface area contributed by atoms with Gasteiger partial charge < -0.3 is 15.8 Å². The van der Waals surface area contributed by atoms with Gasteiger partial charge in [-0.05, 0) is 37.6 Å². The Hall–Kier alpha value is -1.81. The van der Waals surface area contributed by atoms with E-state index in [1.54, 1.807) is 7.11 Å². The van der Waals surface area contributed by atoms with Crippen LogP contribution in [0.3, 0.4) is 0 Å². The van der Waals surface area contributed by atoms with Crippen LogP contribution in [0.4, 0.5) is 11.4 Å². The summed E-state index contributed by atoms with van der Waals surface area (Å²) in [7, 11) is 1.71. The van der Waals surface area contributed by atoms with Crippen LogP contribution in [-0.2, 0) is 4.74 Å². The number of fused-ring (bicyclic) bond motifs is 1. The molecule has 96 valence electrons. The van der Waals surface area contributed by atoms with Crippen LogP contribution in [0.1, 0.15) is 12.1 Å². The number of aryl methyl sites for hydroxylation is 1. The van der Waals surface area contributed by atoms with Gasteiger partial charge in [-0.15, -0.1) is 0 Å². The molecule has 2 rings (SSSR count). The zero-order valence-corrected chi connectivity index (χ0v) is 10.9. The second-order valence-electron chi connectivity index (χ2n) is 4.36. The summed E-state index contributed by atoms with van der Waals surface area (Å²) in [5.74, 6) is 0. The van der Waals surface area contributed by atoms with Crippen LogP contribution in [0.15, 0.2) is 24.3 Å². The quantitative estimate of drug-likeness (QED) is 0.628. The third-order valence-corrected chi connectivity index (χ3v) is 2.80. The number of pyridine rings is 1. The molecule has 4 heteroatoms. The van der Waals surface area contributed by atoms with Crippen molar-refractivity contribution in [3.05, 3.63) is 30.0 Å². The molecule has 0 saturated carbocycles. The molecule has 3 N–H and O–H groups in total. The number of rotatable bonds is 5. The molecule has 0 bridgehead atoms. The third-order valence-electron chi connectivity index (χ3n) is 2.80. The van der Waals surface area contributed by atoms with Gasteiger partial charge in [-0.2, -0.15) is 0 Å². The van der Waals surface area contributed by atoms with Crippen molar-refractivity contribution in [2.24, 2.45) is 0 Å². The molecule has 0 fully saturated rings. The van der Waals surface area contributed by atoms with Crippen molar-refractivity contribution in [3.8, 4) is 0 Å². The third kappa shape index (κ3) is 2.90. The van der Waals surface area contributed by atoms with Crippen LogP contribution in [-0.4, -0.2) is 25.2 Å². The molecule has 18 heavy (non-hydrogen) atoms. The molecule has 1 aromatic carbocycles. The second kappa shape index (κ2) is 5.69. The lowest BCUT2D eigenvalue weighted by molar-refractivity contribution is 0.198. The largest absolute Gasteiger partial charge is 0.399 e. The van der Waals surface area contributed by atoms with Gasteiger partial charge in [0, 0.05) is 42.7 Å². The van der Waals surface area contributed by atoms with Gasteiger partial charge in [-0.1, -0.05) is 0 Å². The summed E-state index contributed by atoms with van der Waals surface area (Å²) in [5, 5.41) is 4.48. The zero-order chi connectivity index (χ0) is 13.0. The number of methoxy groups -OCH3 is 1. The lowest BCUT2D eigenvalue weighted by Gasteiger charge is -2.11. The summed E-state index contributed by atoms with van der Waals surface area (Å²) in [6.45, 7) is 3.63. The van der Waals surface area contributed by atoms with Crippen molar-refractivity contribution in [2.75, 3.05) is 31.3 Å². The van der Waals surface area contributed by atoms with Crippen molar-refractivity contribution in [1.29, 1.82) is 0 Å². The van der Waals surface area contributed by atoms with E-state index in [1.807, 2.05) is 25.1 Å². The summed E-state index contributed by atoms with van der Waals surface area (Å²) in [4.78, 5) is 4.50. The number of benzene rings is 1. The molecule has 1 heterocycles. The Balaban J connectivity index is 2.27. The van der Waals surface area contributed by atoms with E-state index in [1.165, 1.54) is 0 Å². The monoisotopic (exact) mass is 245 g/mol. The number of hydrogen-bond acceptors (Lipinski definition) is 4. The number of nitrogens with zero attached hydrogens (tertiary/aromatic N) is 1. The van der Waals surface area contributed by atoms with Crippen molar-refractivity contribution >= 4 is 22.3 Å². The molecular weight excluding hydrogens is 226 g/mol. The molecule has 1 aromatic heterocycles. The fourth-order valence-corrected chi connectivity index (χ4v) is 1.96. The maximum absolute atomic E-state index is 5.83. The maximum atomic E-state index is 5.83. The molecular formula is C14H19N3O. The molecule has 0 radical (unpaired) electrons. The Labute approximate surface area is 107 Å². The number of aromatic nitrogens is 1. The minimum absolute atomic E-state index is 0.757. The van der Waals surface area contributed by atoms with E-state index < -0.39 is 0 Å². The molecule has 2 aromatic rings. The number of hydrogen-bond donors (Lipinski definition) is 2. The highest BCUT2D eigenvalue weighted by Crippen LogP contribution is 2.25. The van der Waals surface area contributed by atoms with E-state index in [0.717, 1.165) is 47.5 Å². The predicted octanol–water partition coefficient (Wildman–Crippen LogP) is 2.57. The average molecular weight is 245 g/mol. The summed E-state index contributed by atoms with van der Waals surface area (Å²) in [5.41, 5.74) is 9.65. The van der Waals surface area contributed by atoms with Gasteiger partial charge in [-0.25, -0.2) is 0 Å². The Kier molecular flexibility index (Phi) is 3.99. The number of ether oxygens (including phenoxy) is 1. The van der Waals surface area contributed by atoms with Crippen LogP contribution < -0.4 is 11.1 Å². The molecule has 0 spiro atoms. The zero-order valence-electron chi connectivity index (χ0n) is 10.9. The SMILES string of the molecule is COCCCNc1cc(C)nc2ccc(N)cc12. The first-order valence-electron chi connectivity index (χ1n) is 6.10. The van der Waals surface area contributed by atoms with Gasteiger partial charge in [0.1, 0.15) is 0 Å². The highest BCUT2D eigenvalue weighted by atomic mass is 16.5. The van der Waals surface area contributed by atoms with Gasteiger partial charge in [-0.3, -0.25) is 4.98 Å². The summed E-state index contributed by atoms with van der Waals surface area (Å²) >= 11 is 0. The number of nitrogens with two attached hydrogens (primary N) is 1. The van der Waals surface area contributed by atoms with Crippen LogP contribution in [0.5, 0.6) is 0 Å². The first kappa shape index (κ1) is 12.6. The molecule has 0 saturated heterocycles. The fourth-order valence-electron chi connectivity index (χ4n) is 1.96. The summed E-state index contributed by atoms with van der Waals surface area (Å²) < 4.78 is 5.04. The lowest BCUT2D eigenvalue weighted by Crippen LogP contribution is -2.05. The topological polar surface area (TPSA) is 60.2 Å². The Morgan fingerprint density at radius 3 is 2.94 bits per heavy atom. The molecule has 0 aliphatic heterocycles. The Morgan fingerprint density at radius 2 is 2.17 bits per heavy atom. The van der Waals surface area contributed by atoms with Crippen LogP contribution in [0.25, 0.3) is 10.9 Å². The van der Waals surface area contributed by atoms with Crippen molar-refractivity contribution < 1.29 is 4.74 Å². The van der Waals surface area contributed by atoms with E-state index in [0.29, 0.717) is 0 Å². The van der Waals surface area contributed by atoms with Gasteiger partial charge in [0.25, 0.3) is 0 Å². The maximum Gasteiger partial charge on any atom is 0.0727 e. The first-order valence-corrected chi connectivity index (χ1v) is 6.10. The van der Waals surface area contributed by atoms with E-state index in [2.05, 4.69) is 16.4 Å². The van der Waals surface area contributed by atoms with Gasteiger partial charge in [0.2, 0.25) is 0 Å². The molecule has 0 unspecified atom stereocenters. The van der Waals surface area contributed by atoms with Crippen LogP contribution in [0, 0.1) is 6.92 Å². The van der Waals surface area contributed by atoms with Gasteiger partial charge in [0.05, 0.1) is 5.52 Å². The summed E-state index contributed by atoms with van der Waals surface area (Å²) in [6, 6.07) is 7.84.